The lowest BCUT2D eigenvalue weighted by Crippen LogP contribution is -2.38. The van der Waals surface area contributed by atoms with Gasteiger partial charge in [-0.2, -0.15) is 18.3 Å². The molecule has 1 unspecified atom stereocenters. The average Bonchev–Trinajstić information content (AvgIpc) is 3.16. The Hall–Kier alpha value is -1.98. The lowest BCUT2D eigenvalue weighted by molar-refractivity contribution is -0.192. The molecule has 150 valence electrons. The minimum Gasteiger partial charge on any atom is -0.475 e. The minimum atomic E-state index is -5.08. The van der Waals surface area contributed by atoms with E-state index in [1.807, 2.05) is 23.4 Å². The summed E-state index contributed by atoms with van der Waals surface area (Å²) >= 11 is 1.73. The molecule has 1 N–H and O–H groups in total. The number of methoxy groups -OCH3 is 1. The highest BCUT2D eigenvalue weighted by Gasteiger charge is 2.38. The first-order valence-electron chi connectivity index (χ1n) is 8.08. The summed E-state index contributed by atoms with van der Waals surface area (Å²) in [5, 5.41) is 11.5. The van der Waals surface area contributed by atoms with Crippen molar-refractivity contribution < 1.29 is 27.8 Å². The van der Waals surface area contributed by atoms with Crippen molar-refractivity contribution in [3.8, 4) is 0 Å². The quantitative estimate of drug-likeness (QED) is 0.841. The zero-order valence-electron chi connectivity index (χ0n) is 15.2. The van der Waals surface area contributed by atoms with E-state index in [1.54, 1.807) is 18.4 Å². The second-order valence-electron chi connectivity index (χ2n) is 6.03. The lowest BCUT2D eigenvalue weighted by Gasteiger charge is -2.35. The number of fused-ring (bicyclic) bond motifs is 1. The highest BCUT2D eigenvalue weighted by Crippen LogP contribution is 2.31. The Balaban J connectivity index is 0.000000321. The summed E-state index contributed by atoms with van der Waals surface area (Å²) in [5.41, 5.74) is 5.71. The van der Waals surface area contributed by atoms with Gasteiger partial charge >= 0.3 is 12.1 Å². The summed E-state index contributed by atoms with van der Waals surface area (Å²) in [5.74, 6) is -2.76. The molecule has 0 fully saturated rings. The van der Waals surface area contributed by atoms with E-state index in [9.17, 15) is 13.2 Å². The molecular weight excluding hydrogens is 385 g/mol. The van der Waals surface area contributed by atoms with E-state index in [1.165, 1.54) is 16.1 Å². The van der Waals surface area contributed by atoms with Gasteiger partial charge in [0.05, 0.1) is 35.7 Å². The van der Waals surface area contributed by atoms with Crippen LogP contribution in [-0.4, -0.2) is 57.2 Å². The van der Waals surface area contributed by atoms with E-state index in [2.05, 4.69) is 21.9 Å². The predicted octanol–water partition coefficient (Wildman–Crippen LogP) is 2.56. The molecule has 0 spiro atoms. The van der Waals surface area contributed by atoms with Crippen molar-refractivity contribution in [3.05, 3.63) is 33.5 Å². The lowest BCUT2D eigenvalue weighted by atomic mass is 10.00. The monoisotopic (exact) mass is 406 g/mol. The normalized spacial score (nSPS) is 17.2. The third-order valence-corrected chi connectivity index (χ3v) is 5.17. The van der Waals surface area contributed by atoms with Crippen LogP contribution in [0.15, 0.2) is 11.7 Å². The molecule has 0 saturated heterocycles. The minimum absolute atomic E-state index is 0.276. The first kappa shape index (κ1) is 21.3. The zero-order valence-corrected chi connectivity index (χ0v) is 16.0. The van der Waals surface area contributed by atoms with Crippen molar-refractivity contribution in [1.29, 1.82) is 0 Å². The molecule has 11 heteroatoms. The van der Waals surface area contributed by atoms with Gasteiger partial charge in [-0.05, 0) is 18.9 Å². The Bertz CT molecular complexity index is 775. The Morgan fingerprint density at radius 1 is 1.48 bits per heavy atom. The molecule has 3 heterocycles. The van der Waals surface area contributed by atoms with E-state index in [0.717, 1.165) is 25.2 Å². The number of nitrogens with zero attached hydrogens (tertiary/aromatic N) is 4. The van der Waals surface area contributed by atoms with E-state index in [-0.39, 0.29) is 6.04 Å². The predicted molar refractivity (Wildman–Crippen MR) is 92.5 cm³/mol. The Morgan fingerprint density at radius 2 is 2.15 bits per heavy atom. The van der Waals surface area contributed by atoms with Crippen LogP contribution in [-0.2, 0) is 29.5 Å². The largest absolute Gasteiger partial charge is 0.490 e. The highest BCUT2D eigenvalue weighted by molar-refractivity contribution is 7.09. The summed E-state index contributed by atoms with van der Waals surface area (Å²) in [7, 11) is 3.78. The number of aromatic nitrogens is 3. The van der Waals surface area contributed by atoms with Crippen LogP contribution >= 0.6 is 11.3 Å². The van der Waals surface area contributed by atoms with Gasteiger partial charge in [0.25, 0.3) is 0 Å². The molecule has 0 bridgehead atoms. The number of ether oxygens (including phenoxy) is 1. The molecular formula is C16H21F3N4O3S. The first-order valence-corrected chi connectivity index (χ1v) is 8.96. The highest BCUT2D eigenvalue weighted by atomic mass is 32.1. The van der Waals surface area contributed by atoms with Gasteiger partial charge < -0.3 is 9.84 Å². The van der Waals surface area contributed by atoms with Crippen LogP contribution in [0.4, 0.5) is 13.2 Å². The van der Waals surface area contributed by atoms with Crippen LogP contribution in [0.25, 0.3) is 0 Å². The van der Waals surface area contributed by atoms with Gasteiger partial charge in [0.15, 0.2) is 0 Å². The van der Waals surface area contributed by atoms with Crippen molar-refractivity contribution in [2.45, 2.75) is 32.1 Å². The second kappa shape index (κ2) is 8.81. The van der Waals surface area contributed by atoms with Crippen molar-refractivity contribution in [2.75, 3.05) is 20.3 Å². The summed E-state index contributed by atoms with van der Waals surface area (Å²) in [4.78, 5) is 17.1. The molecule has 0 aliphatic carbocycles. The smallest absolute Gasteiger partial charge is 0.475 e. The number of carboxylic acids is 1. The van der Waals surface area contributed by atoms with Crippen molar-refractivity contribution in [1.82, 2.24) is 19.7 Å². The van der Waals surface area contributed by atoms with Crippen LogP contribution in [0, 0.1) is 6.92 Å². The average molecular weight is 406 g/mol. The van der Waals surface area contributed by atoms with Crippen LogP contribution < -0.4 is 0 Å². The molecule has 1 atom stereocenters. The van der Waals surface area contributed by atoms with Gasteiger partial charge in [0, 0.05) is 32.1 Å². The van der Waals surface area contributed by atoms with Crippen molar-refractivity contribution >= 4 is 17.3 Å². The number of hydrogen-bond donors (Lipinski definition) is 1. The van der Waals surface area contributed by atoms with Gasteiger partial charge in [-0.15, -0.1) is 11.3 Å². The fourth-order valence-electron chi connectivity index (χ4n) is 2.90. The maximum Gasteiger partial charge on any atom is 0.490 e. The Labute approximate surface area is 158 Å². The standard InChI is InChI=1S/C14H20N4OS.C2HF3O2/c1-10-13(20-9-15-10)7-18-5-4-11-6-16-17(2)14(11)12(18)8-19-3;3-2(4,5)1(6)7/h6,9,12H,4-5,7-8H2,1-3H3;(H,6,7). The molecule has 7 nitrogen and oxygen atoms in total. The number of aliphatic carboxylic acids is 1. The molecule has 0 amide bonds. The number of alkyl halides is 3. The summed E-state index contributed by atoms with van der Waals surface area (Å²) in [6.07, 6.45) is -2.03. The third-order valence-electron chi connectivity index (χ3n) is 4.25. The molecule has 0 radical (unpaired) electrons. The van der Waals surface area contributed by atoms with E-state index < -0.39 is 12.1 Å². The number of hydrogen-bond acceptors (Lipinski definition) is 6. The topological polar surface area (TPSA) is 80.5 Å². The number of carbonyl (C=O) groups is 1. The van der Waals surface area contributed by atoms with Crippen molar-refractivity contribution in [3.63, 3.8) is 0 Å². The fraction of sp³-hybridized carbons (Fsp3) is 0.562. The number of aryl methyl sites for hydroxylation is 2. The van der Waals surface area contributed by atoms with E-state index >= 15 is 0 Å². The van der Waals surface area contributed by atoms with Gasteiger partial charge in [0.2, 0.25) is 0 Å². The SMILES string of the molecule is COCC1c2c(cnn2C)CCN1Cc1scnc1C.O=C(O)C(F)(F)F. The Kier molecular flexibility index (Phi) is 6.95. The molecule has 0 aromatic carbocycles. The molecule has 1 aliphatic heterocycles. The third kappa shape index (κ3) is 5.27. The molecule has 1 aliphatic rings. The summed E-state index contributed by atoms with van der Waals surface area (Å²) < 4.78 is 39.2. The number of thiazole rings is 1. The van der Waals surface area contributed by atoms with E-state index in [0.29, 0.717) is 6.61 Å². The van der Waals surface area contributed by atoms with Crippen molar-refractivity contribution in [2.24, 2.45) is 7.05 Å². The van der Waals surface area contributed by atoms with Crippen LogP contribution in [0.3, 0.4) is 0 Å². The van der Waals surface area contributed by atoms with Crippen LogP contribution in [0.1, 0.15) is 27.9 Å². The first-order chi connectivity index (χ1) is 12.6. The molecule has 27 heavy (non-hydrogen) atoms. The molecule has 0 saturated carbocycles. The Morgan fingerprint density at radius 3 is 2.67 bits per heavy atom. The second-order valence-corrected chi connectivity index (χ2v) is 6.97. The van der Waals surface area contributed by atoms with Crippen LogP contribution in [0.5, 0.6) is 0 Å². The number of rotatable bonds is 4. The van der Waals surface area contributed by atoms with Gasteiger partial charge in [-0.25, -0.2) is 9.78 Å². The van der Waals surface area contributed by atoms with Crippen LogP contribution in [0.2, 0.25) is 0 Å². The van der Waals surface area contributed by atoms with Gasteiger partial charge in [0.1, 0.15) is 0 Å². The zero-order chi connectivity index (χ0) is 20.2. The number of halogens is 3. The fourth-order valence-corrected chi connectivity index (χ4v) is 3.70. The maximum absolute atomic E-state index is 10.6. The number of carboxylic acid groups (broad SMARTS) is 1. The van der Waals surface area contributed by atoms with E-state index in [4.69, 9.17) is 14.6 Å². The molecule has 2 aromatic rings. The summed E-state index contributed by atoms with van der Waals surface area (Å²) in [6.45, 7) is 4.76. The summed E-state index contributed by atoms with van der Waals surface area (Å²) in [6, 6.07) is 0.276. The van der Waals surface area contributed by atoms with Gasteiger partial charge in [-0.3, -0.25) is 9.58 Å². The maximum atomic E-state index is 10.6. The molecule has 2 aromatic heterocycles. The molecule has 3 rings (SSSR count). The van der Waals surface area contributed by atoms with Gasteiger partial charge in [-0.1, -0.05) is 0 Å².